The lowest BCUT2D eigenvalue weighted by Gasteiger charge is -2.10. The maximum absolute atomic E-state index is 6.44. The Morgan fingerprint density at radius 2 is 1.61 bits per heavy atom. The number of hydrogen-bond acceptors (Lipinski definition) is 1. The fraction of sp³-hybridized carbons (Fsp3) is 0.200. The average molecular weight is 297 g/mol. The molecule has 0 aliphatic heterocycles. The van der Waals surface area contributed by atoms with Crippen LogP contribution in [0.2, 0.25) is 5.02 Å². The summed E-state index contributed by atoms with van der Waals surface area (Å²) in [5, 5.41) is 0.760. The second kappa shape index (κ2) is 6.51. The lowest BCUT2D eigenvalue weighted by molar-refractivity contribution is 0.918. The van der Waals surface area contributed by atoms with Crippen LogP contribution in [-0.4, -0.2) is 6.26 Å². The summed E-state index contributed by atoms with van der Waals surface area (Å²) in [6.07, 6.45) is 2.89. The summed E-state index contributed by atoms with van der Waals surface area (Å²) in [4.78, 5) is 1.26. The molecule has 0 aliphatic rings. The van der Waals surface area contributed by atoms with E-state index < -0.39 is 0 Å². The summed E-state index contributed by atoms with van der Waals surface area (Å²) in [6.45, 7) is 0. The van der Waals surface area contributed by atoms with E-state index in [-0.39, 0.29) is 5.38 Å². The van der Waals surface area contributed by atoms with E-state index in [0.717, 1.165) is 17.0 Å². The van der Waals surface area contributed by atoms with E-state index in [1.807, 2.05) is 24.3 Å². The molecule has 18 heavy (non-hydrogen) atoms. The van der Waals surface area contributed by atoms with Crippen LogP contribution in [0.5, 0.6) is 0 Å². The van der Waals surface area contributed by atoms with Crippen molar-refractivity contribution in [2.75, 3.05) is 6.26 Å². The molecule has 0 bridgehead atoms. The summed E-state index contributed by atoms with van der Waals surface area (Å²) in [6, 6.07) is 16.3. The molecule has 0 aliphatic carbocycles. The van der Waals surface area contributed by atoms with Crippen molar-refractivity contribution in [2.45, 2.75) is 16.7 Å². The predicted molar refractivity (Wildman–Crippen MR) is 82.0 cm³/mol. The van der Waals surface area contributed by atoms with Crippen molar-refractivity contribution in [3.05, 3.63) is 64.7 Å². The van der Waals surface area contributed by atoms with Crippen LogP contribution in [0.4, 0.5) is 0 Å². The van der Waals surface area contributed by atoms with E-state index in [1.54, 1.807) is 11.8 Å². The first-order chi connectivity index (χ1) is 8.69. The molecule has 0 amide bonds. The van der Waals surface area contributed by atoms with Crippen molar-refractivity contribution in [3.8, 4) is 0 Å². The minimum Gasteiger partial charge on any atom is -0.130 e. The average Bonchev–Trinajstić information content (AvgIpc) is 2.41. The maximum atomic E-state index is 6.44. The Bertz CT molecular complexity index is 491. The van der Waals surface area contributed by atoms with Crippen molar-refractivity contribution < 1.29 is 0 Å². The Hall–Kier alpha value is -0.630. The topological polar surface area (TPSA) is 0 Å². The molecule has 0 fully saturated rings. The number of alkyl halides is 1. The van der Waals surface area contributed by atoms with Crippen molar-refractivity contribution in [1.82, 2.24) is 0 Å². The van der Waals surface area contributed by atoms with Gasteiger partial charge in [-0.15, -0.1) is 23.4 Å². The molecule has 3 heteroatoms. The second-order valence-electron chi connectivity index (χ2n) is 4.07. The Morgan fingerprint density at radius 1 is 1.00 bits per heavy atom. The van der Waals surface area contributed by atoms with Crippen molar-refractivity contribution in [2.24, 2.45) is 0 Å². The Balaban J connectivity index is 2.06. The zero-order chi connectivity index (χ0) is 13.0. The van der Waals surface area contributed by atoms with Gasteiger partial charge in [0.15, 0.2) is 0 Å². The van der Waals surface area contributed by atoms with Gasteiger partial charge in [-0.2, -0.15) is 0 Å². The van der Waals surface area contributed by atoms with Gasteiger partial charge in [0, 0.05) is 9.92 Å². The van der Waals surface area contributed by atoms with E-state index in [1.165, 1.54) is 10.5 Å². The molecule has 0 nitrogen and oxygen atoms in total. The highest BCUT2D eigenvalue weighted by molar-refractivity contribution is 7.98. The molecule has 0 N–H and O–H groups in total. The van der Waals surface area contributed by atoms with E-state index in [9.17, 15) is 0 Å². The molecule has 2 aromatic rings. The molecule has 0 saturated heterocycles. The highest BCUT2D eigenvalue weighted by Gasteiger charge is 2.08. The van der Waals surface area contributed by atoms with E-state index in [4.69, 9.17) is 23.2 Å². The Labute approximate surface area is 122 Å². The molecule has 0 radical (unpaired) electrons. The lowest BCUT2D eigenvalue weighted by Crippen LogP contribution is -1.95. The lowest BCUT2D eigenvalue weighted by atomic mass is 10.0. The number of halogens is 2. The van der Waals surface area contributed by atoms with Gasteiger partial charge < -0.3 is 0 Å². The number of rotatable bonds is 4. The molecule has 0 saturated carbocycles. The zero-order valence-corrected chi connectivity index (χ0v) is 12.4. The van der Waals surface area contributed by atoms with Gasteiger partial charge in [0.1, 0.15) is 0 Å². The van der Waals surface area contributed by atoms with Crippen LogP contribution in [0.1, 0.15) is 16.5 Å². The van der Waals surface area contributed by atoms with Crippen LogP contribution in [0.15, 0.2) is 53.4 Å². The summed E-state index contributed by atoms with van der Waals surface area (Å²) in [5.74, 6) is 0. The third-order valence-electron chi connectivity index (χ3n) is 2.81. The SMILES string of the molecule is CSc1ccc(C(Cl)Cc2ccc(Cl)cc2)cc1. The largest absolute Gasteiger partial charge is 0.130 e. The maximum Gasteiger partial charge on any atom is 0.0625 e. The minimum absolute atomic E-state index is 0.00193. The Kier molecular flexibility index (Phi) is 4.99. The molecule has 2 aromatic carbocycles. The van der Waals surface area contributed by atoms with Gasteiger partial charge in [0.05, 0.1) is 5.38 Å². The van der Waals surface area contributed by atoms with Gasteiger partial charge in [-0.25, -0.2) is 0 Å². The van der Waals surface area contributed by atoms with Crippen molar-refractivity contribution in [3.63, 3.8) is 0 Å². The van der Waals surface area contributed by atoms with Crippen LogP contribution in [0, 0.1) is 0 Å². The predicted octanol–water partition coefficient (Wildman–Crippen LogP) is 5.58. The first-order valence-corrected chi connectivity index (χ1v) is 7.75. The van der Waals surface area contributed by atoms with E-state index in [2.05, 4.69) is 30.5 Å². The molecule has 94 valence electrons. The van der Waals surface area contributed by atoms with Gasteiger partial charge in [0.2, 0.25) is 0 Å². The summed E-state index contributed by atoms with van der Waals surface area (Å²) in [5.41, 5.74) is 2.36. The normalized spacial score (nSPS) is 12.4. The summed E-state index contributed by atoms with van der Waals surface area (Å²) < 4.78 is 0. The number of benzene rings is 2. The monoisotopic (exact) mass is 296 g/mol. The standard InChI is InChI=1S/C15H14Cl2S/c1-18-14-8-4-12(5-9-14)15(17)10-11-2-6-13(16)7-3-11/h2-9,15H,10H2,1H3. The first-order valence-electron chi connectivity index (χ1n) is 5.71. The number of thioether (sulfide) groups is 1. The third kappa shape index (κ3) is 3.68. The van der Waals surface area contributed by atoms with Gasteiger partial charge in [0.25, 0.3) is 0 Å². The van der Waals surface area contributed by atoms with Crippen molar-refractivity contribution >= 4 is 35.0 Å². The first kappa shape index (κ1) is 13.8. The molecule has 2 rings (SSSR count). The quantitative estimate of drug-likeness (QED) is 0.524. The zero-order valence-electron chi connectivity index (χ0n) is 10.1. The molecule has 0 aromatic heterocycles. The minimum atomic E-state index is 0.00193. The fourth-order valence-electron chi connectivity index (χ4n) is 1.76. The van der Waals surface area contributed by atoms with Gasteiger partial charge in [-0.1, -0.05) is 35.9 Å². The van der Waals surface area contributed by atoms with Crippen LogP contribution in [0.25, 0.3) is 0 Å². The highest BCUT2D eigenvalue weighted by atomic mass is 35.5. The van der Waals surface area contributed by atoms with Crippen LogP contribution >= 0.6 is 35.0 Å². The third-order valence-corrected chi connectivity index (χ3v) is 4.21. The highest BCUT2D eigenvalue weighted by Crippen LogP contribution is 2.27. The molecule has 0 heterocycles. The summed E-state index contributed by atoms with van der Waals surface area (Å²) >= 11 is 14.0. The van der Waals surface area contributed by atoms with Crippen LogP contribution < -0.4 is 0 Å². The smallest absolute Gasteiger partial charge is 0.0625 e. The molecular formula is C15H14Cl2S. The van der Waals surface area contributed by atoms with E-state index >= 15 is 0 Å². The van der Waals surface area contributed by atoms with Crippen LogP contribution in [0.3, 0.4) is 0 Å². The molecule has 1 atom stereocenters. The second-order valence-corrected chi connectivity index (χ2v) is 5.91. The fourth-order valence-corrected chi connectivity index (χ4v) is 2.62. The molecular weight excluding hydrogens is 283 g/mol. The van der Waals surface area contributed by atoms with E-state index in [0.29, 0.717) is 0 Å². The molecule has 1 unspecified atom stereocenters. The Morgan fingerprint density at radius 3 is 2.17 bits per heavy atom. The van der Waals surface area contributed by atoms with Gasteiger partial charge in [-0.3, -0.25) is 0 Å². The van der Waals surface area contributed by atoms with Gasteiger partial charge >= 0.3 is 0 Å². The molecule has 0 spiro atoms. The summed E-state index contributed by atoms with van der Waals surface area (Å²) in [7, 11) is 0. The van der Waals surface area contributed by atoms with Crippen molar-refractivity contribution in [1.29, 1.82) is 0 Å². The van der Waals surface area contributed by atoms with Gasteiger partial charge in [-0.05, 0) is 48.1 Å². The van der Waals surface area contributed by atoms with Crippen LogP contribution in [-0.2, 0) is 6.42 Å². The number of hydrogen-bond donors (Lipinski definition) is 0.